The number of ether oxygens (including phenoxy) is 2. The van der Waals surface area contributed by atoms with E-state index in [0.29, 0.717) is 11.5 Å². The van der Waals surface area contributed by atoms with Crippen molar-refractivity contribution >= 4 is 45.3 Å². The van der Waals surface area contributed by atoms with Gasteiger partial charge in [0.2, 0.25) is 0 Å². The van der Waals surface area contributed by atoms with Gasteiger partial charge in [-0.05, 0) is 47.9 Å². The number of nitrogens with zero attached hydrogens (tertiary/aromatic N) is 4. The molecule has 0 saturated carbocycles. The molecule has 0 unspecified atom stereocenters. The summed E-state index contributed by atoms with van der Waals surface area (Å²) in [4.78, 5) is 7.08. The van der Waals surface area contributed by atoms with Gasteiger partial charge in [0, 0.05) is 56.4 Å². The maximum atomic E-state index is 6.33. The molecule has 0 radical (unpaired) electrons. The van der Waals surface area contributed by atoms with Gasteiger partial charge in [0.1, 0.15) is 11.6 Å². The number of aromatic nitrogens is 4. The molecular weight excluding hydrogens is 768 g/mol. The average Bonchev–Trinajstić information content (AvgIpc) is 3.67. The standard InChI is InChI=1S/C35H26N4O2S2.Pt/c1-40-25-16-17-36-34(20-25)39-30-11-5-4-10-28(30)29-15-14-27(19-31(29)39)41-26-9-6-8-24(18-26)38-22-23(21-37-38)35-32(42-2)12-7-13-33(35)43-3;/h4-17,20-22H,1-3H3;/q-2;+2. The third kappa shape index (κ3) is 5.54. The number of rotatable bonds is 8. The zero-order valence-corrected chi connectivity index (χ0v) is 28.0. The van der Waals surface area contributed by atoms with Crippen LogP contribution in [0.15, 0.2) is 113 Å². The van der Waals surface area contributed by atoms with E-state index in [0.717, 1.165) is 44.6 Å². The predicted octanol–water partition coefficient (Wildman–Crippen LogP) is 8.87. The molecule has 44 heavy (non-hydrogen) atoms. The molecule has 7 rings (SSSR count). The molecule has 3 heterocycles. The molecule has 0 saturated heterocycles. The number of benzene rings is 4. The van der Waals surface area contributed by atoms with Gasteiger partial charge in [-0.1, -0.05) is 29.8 Å². The van der Waals surface area contributed by atoms with Crippen molar-refractivity contribution in [2.75, 3.05) is 19.6 Å². The van der Waals surface area contributed by atoms with Crippen LogP contribution in [0.2, 0.25) is 0 Å². The number of fused-ring (bicyclic) bond motifs is 3. The van der Waals surface area contributed by atoms with Gasteiger partial charge >= 0.3 is 21.1 Å². The maximum Gasteiger partial charge on any atom is 2.00 e. The molecule has 220 valence electrons. The van der Waals surface area contributed by atoms with E-state index in [2.05, 4.69) is 75.7 Å². The van der Waals surface area contributed by atoms with E-state index in [1.165, 1.54) is 15.4 Å². The second-order valence-corrected chi connectivity index (χ2v) is 11.4. The topological polar surface area (TPSA) is 54.1 Å². The van der Waals surface area contributed by atoms with E-state index in [4.69, 9.17) is 9.47 Å². The second-order valence-electron chi connectivity index (χ2n) is 9.70. The molecule has 0 N–H and O–H groups in total. The van der Waals surface area contributed by atoms with Crippen LogP contribution in [0.3, 0.4) is 0 Å². The van der Waals surface area contributed by atoms with Gasteiger partial charge in [0.15, 0.2) is 0 Å². The Hall–Kier alpha value is -3.97. The van der Waals surface area contributed by atoms with Crippen LogP contribution in [-0.4, -0.2) is 39.0 Å². The summed E-state index contributed by atoms with van der Waals surface area (Å²) < 4.78 is 15.7. The monoisotopic (exact) mass is 793 g/mol. The number of hydrogen-bond donors (Lipinski definition) is 0. The summed E-state index contributed by atoms with van der Waals surface area (Å²) in [5.41, 5.74) is 4.94. The molecule has 0 amide bonds. The van der Waals surface area contributed by atoms with Gasteiger partial charge in [-0.3, -0.25) is 4.68 Å². The largest absolute Gasteiger partial charge is 2.00 e. The fourth-order valence-corrected chi connectivity index (χ4v) is 6.65. The first kappa shape index (κ1) is 30.1. The first-order valence-electron chi connectivity index (χ1n) is 13.6. The quantitative estimate of drug-likeness (QED) is 0.113. The van der Waals surface area contributed by atoms with Crippen LogP contribution in [-0.2, 0) is 21.1 Å². The van der Waals surface area contributed by atoms with E-state index in [1.54, 1.807) is 36.8 Å². The SMILES string of the molecule is COc1ccnc(-n2c3[c-]c(Oc4[c-]c(-n5cc(-c6c(SC)cccc6SC)cn5)ccc4)ccc3c3ccccc32)c1.[Pt+2]. The minimum absolute atomic E-state index is 0. The summed E-state index contributed by atoms with van der Waals surface area (Å²) in [6.45, 7) is 0. The number of thioether (sulfide) groups is 2. The fraction of sp³-hybridized carbons (Fsp3) is 0.0857. The van der Waals surface area contributed by atoms with E-state index < -0.39 is 0 Å². The predicted molar refractivity (Wildman–Crippen MR) is 175 cm³/mol. The molecule has 0 aliphatic carbocycles. The van der Waals surface area contributed by atoms with Crippen molar-refractivity contribution in [3.8, 4) is 39.9 Å². The van der Waals surface area contributed by atoms with Crippen molar-refractivity contribution in [3.63, 3.8) is 0 Å². The first-order chi connectivity index (χ1) is 21.2. The van der Waals surface area contributed by atoms with Crippen LogP contribution in [0, 0.1) is 12.1 Å². The Kier molecular flexibility index (Phi) is 8.85. The first-order valence-corrected chi connectivity index (χ1v) is 16.0. The zero-order chi connectivity index (χ0) is 29.3. The van der Waals surface area contributed by atoms with Gasteiger partial charge in [-0.15, -0.1) is 59.2 Å². The molecule has 0 fully saturated rings. The zero-order valence-electron chi connectivity index (χ0n) is 24.1. The van der Waals surface area contributed by atoms with Crippen molar-refractivity contribution < 1.29 is 30.5 Å². The van der Waals surface area contributed by atoms with E-state index in [-0.39, 0.29) is 21.1 Å². The molecule has 0 spiro atoms. The minimum atomic E-state index is 0. The van der Waals surface area contributed by atoms with Gasteiger partial charge in [-0.25, -0.2) is 4.98 Å². The Morgan fingerprint density at radius 3 is 2.36 bits per heavy atom. The molecule has 0 aliphatic rings. The molecule has 7 aromatic rings. The molecular formula is C35H26N4O2PtS2. The Morgan fingerprint density at radius 1 is 0.795 bits per heavy atom. The molecule has 4 aromatic carbocycles. The Bertz CT molecular complexity index is 2080. The number of hydrogen-bond acceptors (Lipinski definition) is 6. The summed E-state index contributed by atoms with van der Waals surface area (Å²) in [6.07, 6.45) is 9.90. The van der Waals surface area contributed by atoms with Crippen LogP contribution in [0.1, 0.15) is 0 Å². The second kappa shape index (κ2) is 12.9. The van der Waals surface area contributed by atoms with Crippen LogP contribution >= 0.6 is 23.5 Å². The van der Waals surface area contributed by atoms with Gasteiger partial charge in [-0.2, -0.15) is 17.2 Å². The summed E-state index contributed by atoms with van der Waals surface area (Å²) in [7, 11) is 1.66. The summed E-state index contributed by atoms with van der Waals surface area (Å²) in [5, 5.41) is 6.84. The van der Waals surface area contributed by atoms with Gasteiger partial charge in [0.05, 0.1) is 13.3 Å². The van der Waals surface area contributed by atoms with Crippen LogP contribution < -0.4 is 9.47 Å². The molecule has 0 bridgehead atoms. The van der Waals surface area contributed by atoms with E-state index in [1.807, 2.05) is 65.6 Å². The molecule has 3 aromatic heterocycles. The van der Waals surface area contributed by atoms with Crippen LogP contribution in [0.25, 0.3) is 44.4 Å². The Labute approximate surface area is 278 Å². The van der Waals surface area contributed by atoms with Crippen molar-refractivity contribution in [3.05, 3.63) is 116 Å². The average molecular weight is 794 g/mol. The summed E-state index contributed by atoms with van der Waals surface area (Å²) in [5.74, 6) is 2.63. The third-order valence-electron chi connectivity index (χ3n) is 7.26. The summed E-state index contributed by atoms with van der Waals surface area (Å²) in [6, 6.07) is 35.1. The Balaban J connectivity index is 0.00000343. The van der Waals surface area contributed by atoms with E-state index in [9.17, 15) is 0 Å². The fourth-order valence-electron chi connectivity index (χ4n) is 5.29. The molecule has 0 aliphatic heterocycles. The Morgan fingerprint density at radius 2 is 1.57 bits per heavy atom. The van der Waals surface area contributed by atoms with Crippen molar-refractivity contribution in [2.24, 2.45) is 0 Å². The maximum absolute atomic E-state index is 6.33. The summed E-state index contributed by atoms with van der Waals surface area (Å²) >= 11 is 3.48. The molecule has 9 heteroatoms. The van der Waals surface area contributed by atoms with Gasteiger partial charge in [0.25, 0.3) is 0 Å². The number of methoxy groups -OCH3 is 1. The van der Waals surface area contributed by atoms with Gasteiger partial charge < -0.3 is 14.0 Å². The number of para-hydroxylation sites is 1. The molecule has 0 atom stereocenters. The number of pyridine rings is 1. The minimum Gasteiger partial charge on any atom is -0.509 e. The van der Waals surface area contributed by atoms with Crippen molar-refractivity contribution in [2.45, 2.75) is 9.79 Å². The van der Waals surface area contributed by atoms with Crippen molar-refractivity contribution in [1.82, 2.24) is 19.3 Å². The van der Waals surface area contributed by atoms with Crippen molar-refractivity contribution in [1.29, 1.82) is 0 Å². The third-order valence-corrected chi connectivity index (χ3v) is 8.82. The van der Waals surface area contributed by atoms with Crippen LogP contribution in [0.4, 0.5) is 0 Å². The van der Waals surface area contributed by atoms with E-state index >= 15 is 0 Å². The smallest absolute Gasteiger partial charge is 0.509 e. The normalized spacial score (nSPS) is 11.1. The van der Waals surface area contributed by atoms with Crippen LogP contribution in [0.5, 0.6) is 17.2 Å². The molecule has 6 nitrogen and oxygen atoms in total.